The molecule has 1 amide bonds. The minimum Gasteiger partial charge on any atom is -0.491 e. The van der Waals surface area contributed by atoms with Crippen molar-refractivity contribution in [1.82, 2.24) is 0 Å². The first-order valence-electron chi connectivity index (χ1n) is 8.86. The van der Waals surface area contributed by atoms with Crippen molar-refractivity contribution in [2.75, 3.05) is 25.1 Å². The fraction of sp³-hybridized carbons (Fsp3) is 0.381. The lowest BCUT2D eigenvalue weighted by Crippen LogP contribution is -2.26. The molecular weight excluding hydrogens is 312 g/mol. The van der Waals surface area contributed by atoms with Crippen LogP contribution < -0.4 is 15.4 Å². The van der Waals surface area contributed by atoms with Gasteiger partial charge in [-0.2, -0.15) is 0 Å². The second-order valence-corrected chi connectivity index (χ2v) is 6.99. The standard InChI is InChI=1S/C21H26N2O2/c1-15-5-3-6-16(11-15)7-4-8-17-13-23(2)19-12-18(21(22)24)9-10-20(19)25-14-17/h3,5-6,9-12,17H,4,7-8,13-14H2,1-2H3,(H2,22,24). The molecular formula is C21H26N2O2. The Morgan fingerprint density at radius 3 is 2.88 bits per heavy atom. The molecule has 1 heterocycles. The number of aryl methyl sites for hydroxylation is 2. The van der Waals surface area contributed by atoms with Crippen molar-refractivity contribution in [3.8, 4) is 5.75 Å². The number of carbonyl (C=O) groups excluding carboxylic acids is 1. The second-order valence-electron chi connectivity index (χ2n) is 6.99. The zero-order chi connectivity index (χ0) is 17.8. The Hall–Kier alpha value is -2.49. The molecule has 0 aliphatic carbocycles. The fourth-order valence-electron chi connectivity index (χ4n) is 3.47. The molecule has 1 aliphatic rings. The number of anilines is 1. The fourth-order valence-corrected chi connectivity index (χ4v) is 3.47. The van der Waals surface area contributed by atoms with Crippen LogP contribution >= 0.6 is 0 Å². The first-order chi connectivity index (χ1) is 12.0. The minimum absolute atomic E-state index is 0.407. The maximum atomic E-state index is 11.4. The highest BCUT2D eigenvalue weighted by Crippen LogP contribution is 2.33. The van der Waals surface area contributed by atoms with Crippen LogP contribution in [0.2, 0.25) is 0 Å². The molecule has 2 N–H and O–H groups in total. The summed E-state index contributed by atoms with van der Waals surface area (Å²) in [6, 6.07) is 14.1. The molecule has 0 fully saturated rings. The van der Waals surface area contributed by atoms with Gasteiger partial charge in [-0.25, -0.2) is 0 Å². The van der Waals surface area contributed by atoms with Crippen molar-refractivity contribution in [2.45, 2.75) is 26.2 Å². The molecule has 2 aromatic rings. The van der Waals surface area contributed by atoms with Gasteiger partial charge in [0, 0.05) is 25.1 Å². The highest BCUT2D eigenvalue weighted by Gasteiger charge is 2.21. The molecule has 0 bridgehead atoms. The number of nitrogens with zero attached hydrogens (tertiary/aromatic N) is 1. The van der Waals surface area contributed by atoms with E-state index in [4.69, 9.17) is 10.5 Å². The zero-order valence-electron chi connectivity index (χ0n) is 15.0. The lowest BCUT2D eigenvalue weighted by Gasteiger charge is -2.21. The number of benzene rings is 2. The number of rotatable bonds is 5. The zero-order valence-corrected chi connectivity index (χ0v) is 15.0. The number of ether oxygens (including phenoxy) is 1. The third kappa shape index (κ3) is 4.32. The highest BCUT2D eigenvalue weighted by molar-refractivity contribution is 5.94. The Kier molecular flexibility index (Phi) is 5.27. The Morgan fingerprint density at radius 2 is 2.12 bits per heavy atom. The SMILES string of the molecule is Cc1cccc(CCCC2COc3ccc(C(N)=O)cc3N(C)C2)c1. The van der Waals surface area contributed by atoms with Crippen LogP contribution in [-0.2, 0) is 6.42 Å². The molecule has 0 saturated heterocycles. The van der Waals surface area contributed by atoms with E-state index in [9.17, 15) is 4.79 Å². The molecule has 1 aliphatic heterocycles. The van der Waals surface area contributed by atoms with Crippen molar-refractivity contribution in [2.24, 2.45) is 11.7 Å². The molecule has 132 valence electrons. The summed E-state index contributed by atoms with van der Waals surface area (Å²) in [6.45, 7) is 3.76. The Morgan fingerprint density at radius 1 is 1.28 bits per heavy atom. The van der Waals surface area contributed by atoms with E-state index in [-0.39, 0.29) is 0 Å². The van der Waals surface area contributed by atoms with E-state index in [1.165, 1.54) is 11.1 Å². The van der Waals surface area contributed by atoms with E-state index >= 15 is 0 Å². The van der Waals surface area contributed by atoms with Crippen molar-refractivity contribution >= 4 is 11.6 Å². The molecule has 0 saturated carbocycles. The quantitative estimate of drug-likeness (QED) is 0.907. The van der Waals surface area contributed by atoms with E-state index in [2.05, 4.69) is 36.1 Å². The predicted octanol–water partition coefficient (Wildman–Crippen LogP) is 3.56. The van der Waals surface area contributed by atoms with Crippen LogP contribution in [0.1, 0.15) is 34.3 Å². The van der Waals surface area contributed by atoms with Gasteiger partial charge in [0.25, 0.3) is 0 Å². The van der Waals surface area contributed by atoms with Gasteiger partial charge in [-0.1, -0.05) is 29.8 Å². The van der Waals surface area contributed by atoms with Gasteiger partial charge in [0.1, 0.15) is 5.75 Å². The molecule has 1 unspecified atom stereocenters. The van der Waals surface area contributed by atoms with Crippen LogP contribution in [0.15, 0.2) is 42.5 Å². The Balaban J connectivity index is 1.60. The molecule has 0 spiro atoms. The van der Waals surface area contributed by atoms with Crippen molar-refractivity contribution in [1.29, 1.82) is 0 Å². The number of carbonyl (C=O) groups is 1. The summed E-state index contributed by atoms with van der Waals surface area (Å²) in [5.74, 6) is 0.892. The van der Waals surface area contributed by atoms with Crippen molar-refractivity contribution in [3.63, 3.8) is 0 Å². The van der Waals surface area contributed by atoms with E-state index in [1.807, 2.05) is 19.2 Å². The van der Waals surface area contributed by atoms with Crippen molar-refractivity contribution < 1.29 is 9.53 Å². The van der Waals surface area contributed by atoms with E-state index < -0.39 is 5.91 Å². The first-order valence-corrected chi connectivity index (χ1v) is 8.86. The minimum atomic E-state index is -0.407. The second kappa shape index (κ2) is 7.60. The molecule has 0 radical (unpaired) electrons. The first kappa shape index (κ1) is 17.3. The topological polar surface area (TPSA) is 55.6 Å². The summed E-state index contributed by atoms with van der Waals surface area (Å²) in [4.78, 5) is 13.6. The van der Waals surface area contributed by atoms with Gasteiger partial charge in [0.05, 0.1) is 12.3 Å². The van der Waals surface area contributed by atoms with E-state index in [1.54, 1.807) is 6.07 Å². The van der Waals surface area contributed by atoms with Gasteiger partial charge < -0.3 is 15.4 Å². The van der Waals surface area contributed by atoms with Gasteiger partial charge in [0.2, 0.25) is 5.91 Å². The number of primary amides is 1. The van der Waals surface area contributed by atoms with Gasteiger partial charge in [-0.3, -0.25) is 4.79 Å². The van der Waals surface area contributed by atoms with Gasteiger partial charge in [-0.05, 0) is 49.9 Å². The normalized spacial score (nSPS) is 16.7. The molecule has 4 nitrogen and oxygen atoms in total. The smallest absolute Gasteiger partial charge is 0.248 e. The van der Waals surface area contributed by atoms with Crippen LogP contribution in [0.25, 0.3) is 0 Å². The molecule has 4 heteroatoms. The van der Waals surface area contributed by atoms with Crippen molar-refractivity contribution in [3.05, 3.63) is 59.2 Å². The van der Waals surface area contributed by atoms with Crippen LogP contribution in [0.5, 0.6) is 5.75 Å². The Bertz CT molecular complexity index is 757. The molecule has 2 aromatic carbocycles. The van der Waals surface area contributed by atoms with Crippen LogP contribution in [0, 0.1) is 12.8 Å². The van der Waals surface area contributed by atoms with Gasteiger partial charge in [-0.15, -0.1) is 0 Å². The van der Waals surface area contributed by atoms with Crippen LogP contribution in [0.4, 0.5) is 5.69 Å². The largest absolute Gasteiger partial charge is 0.491 e. The molecule has 3 rings (SSSR count). The lowest BCUT2D eigenvalue weighted by molar-refractivity contribution is 0.100. The number of hydrogen-bond donors (Lipinski definition) is 1. The number of fused-ring (bicyclic) bond motifs is 1. The number of hydrogen-bond acceptors (Lipinski definition) is 3. The van der Waals surface area contributed by atoms with E-state index in [0.29, 0.717) is 18.1 Å². The molecule has 25 heavy (non-hydrogen) atoms. The number of nitrogens with two attached hydrogens (primary N) is 1. The average Bonchev–Trinajstić information content (AvgIpc) is 2.74. The monoisotopic (exact) mass is 338 g/mol. The highest BCUT2D eigenvalue weighted by atomic mass is 16.5. The summed E-state index contributed by atoms with van der Waals surface area (Å²) in [7, 11) is 2.05. The summed E-state index contributed by atoms with van der Waals surface area (Å²) < 4.78 is 5.99. The summed E-state index contributed by atoms with van der Waals surface area (Å²) in [5, 5.41) is 0. The van der Waals surface area contributed by atoms with Crippen LogP contribution in [0.3, 0.4) is 0 Å². The molecule has 1 atom stereocenters. The summed E-state index contributed by atoms with van der Waals surface area (Å²) in [6.07, 6.45) is 3.36. The Labute approximate surface area is 149 Å². The maximum Gasteiger partial charge on any atom is 0.248 e. The predicted molar refractivity (Wildman–Crippen MR) is 101 cm³/mol. The molecule has 0 aromatic heterocycles. The maximum absolute atomic E-state index is 11.4. The third-order valence-electron chi connectivity index (χ3n) is 4.82. The van der Waals surface area contributed by atoms with Gasteiger partial charge >= 0.3 is 0 Å². The summed E-state index contributed by atoms with van der Waals surface area (Å²) in [5.41, 5.74) is 9.57. The average molecular weight is 338 g/mol. The lowest BCUT2D eigenvalue weighted by atomic mass is 9.99. The summed E-state index contributed by atoms with van der Waals surface area (Å²) >= 11 is 0. The van der Waals surface area contributed by atoms with Gasteiger partial charge in [0.15, 0.2) is 0 Å². The van der Waals surface area contributed by atoms with E-state index in [0.717, 1.165) is 37.2 Å². The van der Waals surface area contributed by atoms with Crippen LogP contribution in [-0.4, -0.2) is 26.1 Å². The number of amides is 1. The third-order valence-corrected chi connectivity index (χ3v) is 4.82.